The normalized spacial score (nSPS) is 29.0. The number of rotatable bonds is 8. The van der Waals surface area contributed by atoms with Crippen LogP contribution < -0.4 is 0 Å². The van der Waals surface area contributed by atoms with E-state index in [2.05, 4.69) is 6.92 Å². The minimum atomic E-state index is -0.734. The first-order valence-corrected chi connectivity index (χ1v) is 14.0. The van der Waals surface area contributed by atoms with Crippen molar-refractivity contribution < 1.29 is 8.78 Å². The summed E-state index contributed by atoms with van der Waals surface area (Å²) in [5, 5.41) is 0. The van der Waals surface area contributed by atoms with Gasteiger partial charge in [-0.1, -0.05) is 76.1 Å². The van der Waals surface area contributed by atoms with E-state index in [0.29, 0.717) is 0 Å². The predicted octanol–water partition coefficient (Wildman–Crippen LogP) is 7.53. The van der Waals surface area contributed by atoms with Crippen LogP contribution in [0.15, 0.2) is 18.2 Å². The van der Waals surface area contributed by atoms with Crippen molar-refractivity contribution in [1.29, 1.82) is 0 Å². The highest BCUT2D eigenvalue weighted by molar-refractivity contribution is 6.58. The Morgan fingerprint density at radius 3 is 2.26 bits per heavy atom. The molecule has 1 aromatic rings. The number of unbranched alkanes of at least 4 members (excludes halogenated alkanes) is 2. The Labute approximate surface area is 166 Å². The van der Waals surface area contributed by atoms with E-state index in [-0.39, 0.29) is 8.80 Å². The van der Waals surface area contributed by atoms with Gasteiger partial charge < -0.3 is 0 Å². The van der Waals surface area contributed by atoms with Gasteiger partial charge >= 0.3 is 0 Å². The molecule has 0 nitrogen and oxygen atoms in total. The second-order valence-corrected chi connectivity index (χ2v) is 12.8. The van der Waals surface area contributed by atoms with Gasteiger partial charge in [0.25, 0.3) is 0 Å². The van der Waals surface area contributed by atoms with E-state index in [9.17, 15) is 8.78 Å². The van der Waals surface area contributed by atoms with Crippen LogP contribution in [0.2, 0.25) is 18.1 Å². The number of benzene rings is 1. The zero-order valence-corrected chi connectivity index (χ0v) is 18.4. The van der Waals surface area contributed by atoms with Crippen LogP contribution in [0.3, 0.4) is 0 Å². The molecule has 0 N–H and O–H groups in total. The summed E-state index contributed by atoms with van der Waals surface area (Å²) in [5.41, 5.74) is 0.947. The Morgan fingerprint density at radius 2 is 1.59 bits per heavy atom. The van der Waals surface area contributed by atoms with Crippen molar-refractivity contribution in [1.82, 2.24) is 0 Å². The standard InChI is InChI=1S/C24H38F2Si/c1-2-3-4-15-27-16-13-22(14-17-27)21-10-7-19(8-11-21)5-6-20-9-12-23(25)24(26)18-20/h9,12,18-19,21-22,27H,2-8,10-11,13-17H2,1H3/t19-,21-,22-,27-. The van der Waals surface area contributed by atoms with Crippen LogP contribution in [0.1, 0.15) is 76.7 Å². The number of hydrogen-bond acceptors (Lipinski definition) is 0. The van der Waals surface area contributed by atoms with Crippen LogP contribution in [0.4, 0.5) is 8.78 Å². The monoisotopic (exact) mass is 392 g/mol. The second kappa shape index (κ2) is 10.7. The molecule has 1 aliphatic heterocycles. The van der Waals surface area contributed by atoms with Gasteiger partial charge in [0.2, 0.25) is 0 Å². The van der Waals surface area contributed by atoms with Crippen LogP contribution in [-0.2, 0) is 6.42 Å². The average molecular weight is 393 g/mol. The lowest BCUT2D eigenvalue weighted by Gasteiger charge is -2.37. The van der Waals surface area contributed by atoms with E-state index in [4.69, 9.17) is 0 Å². The lowest BCUT2D eigenvalue weighted by atomic mass is 9.73. The average Bonchev–Trinajstić information content (AvgIpc) is 2.70. The van der Waals surface area contributed by atoms with Gasteiger partial charge in [0.1, 0.15) is 0 Å². The minimum absolute atomic E-state index is 0.374. The molecule has 1 aliphatic carbocycles. The quantitative estimate of drug-likeness (QED) is 0.317. The molecule has 3 heteroatoms. The summed E-state index contributed by atoms with van der Waals surface area (Å²) >= 11 is 0. The van der Waals surface area contributed by atoms with Crippen molar-refractivity contribution in [2.45, 2.75) is 95.7 Å². The Bertz CT molecular complexity index is 557. The van der Waals surface area contributed by atoms with Crippen LogP contribution in [-0.4, -0.2) is 8.80 Å². The highest BCUT2D eigenvalue weighted by Gasteiger charge is 2.30. The molecule has 152 valence electrons. The molecule has 0 aromatic heterocycles. The van der Waals surface area contributed by atoms with Gasteiger partial charge in [0, 0.05) is 8.80 Å². The third kappa shape index (κ3) is 6.41. The van der Waals surface area contributed by atoms with E-state index >= 15 is 0 Å². The molecular weight excluding hydrogens is 354 g/mol. The molecule has 0 unspecified atom stereocenters. The molecule has 1 heterocycles. The first-order valence-electron chi connectivity index (χ1n) is 11.6. The van der Waals surface area contributed by atoms with E-state index in [1.165, 1.54) is 69.9 Å². The second-order valence-electron chi connectivity index (χ2n) is 9.34. The maximum Gasteiger partial charge on any atom is 0.159 e. The Morgan fingerprint density at radius 1 is 0.889 bits per heavy atom. The van der Waals surface area contributed by atoms with Crippen molar-refractivity contribution in [3.8, 4) is 0 Å². The van der Waals surface area contributed by atoms with Gasteiger partial charge in [-0.25, -0.2) is 8.78 Å². The summed E-state index contributed by atoms with van der Waals surface area (Å²) < 4.78 is 26.4. The predicted molar refractivity (Wildman–Crippen MR) is 114 cm³/mol. The zero-order chi connectivity index (χ0) is 19.1. The third-order valence-electron chi connectivity index (χ3n) is 7.49. The van der Waals surface area contributed by atoms with Crippen LogP contribution >= 0.6 is 0 Å². The fourth-order valence-electron chi connectivity index (χ4n) is 5.65. The van der Waals surface area contributed by atoms with Crippen LogP contribution in [0.5, 0.6) is 0 Å². The first-order chi connectivity index (χ1) is 13.2. The number of halogens is 2. The molecule has 1 aromatic carbocycles. The van der Waals surface area contributed by atoms with Crippen molar-refractivity contribution in [2.75, 3.05) is 0 Å². The molecule has 3 rings (SSSR count). The maximum absolute atomic E-state index is 13.3. The Balaban J connectivity index is 1.34. The van der Waals surface area contributed by atoms with E-state index in [0.717, 1.165) is 36.2 Å². The summed E-state index contributed by atoms with van der Waals surface area (Å²) in [6.07, 6.45) is 14.9. The Kier molecular flexibility index (Phi) is 8.36. The van der Waals surface area contributed by atoms with Crippen LogP contribution in [0.25, 0.3) is 0 Å². The molecule has 0 atom stereocenters. The molecule has 0 radical (unpaired) electrons. The van der Waals surface area contributed by atoms with Gasteiger partial charge in [-0.2, -0.15) is 0 Å². The molecule has 2 fully saturated rings. The molecule has 2 aliphatic rings. The minimum Gasteiger partial charge on any atom is -0.204 e. The zero-order valence-electron chi connectivity index (χ0n) is 17.2. The van der Waals surface area contributed by atoms with Crippen molar-refractivity contribution >= 4 is 8.80 Å². The topological polar surface area (TPSA) is 0 Å². The van der Waals surface area contributed by atoms with Gasteiger partial charge in [0.15, 0.2) is 11.6 Å². The maximum atomic E-state index is 13.3. The van der Waals surface area contributed by atoms with E-state index < -0.39 is 11.6 Å². The first kappa shape index (κ1) is 21.0. The third-order valence-corrected chi connectivity index (χ3v) is 11.0. The molecule has 27 heavy (non-hydrogen) atoms. The highest BCUT2D eigenvalue weighted by Crippen LogP contribution is 2.42. The van der Waals surface area contributed by atoms with E-state index in [1.807, 2.05) is 0 Å². The van der Waals surface area contributed by atoms with Crippen molar-refractivity contribution in [3.63, 3.8) is 0 Å². The molecular formula is C24H38F2Si. The molecule has 1 saturated heterocycles. The Hall–Kier alpha value is -0.703. The molecule has 1 saturated carbocycles. The summed E-state index contributed by atoms with van der Waals surface area (Å²) in [7, 11) is -0.374. The van der Waals surface area contributed by atoms with Gasteiger partial charge in [-0.05, 0) is 61.1 Å². The summed E-state index contributed by atoms with van der Waals surface area (Å²) in [4.78, 5) is 0. The fourth-order valence-corrected chi connectivity index (χ4v) is 9.18. The van der Waals surface area contributed by atoms with Gasteiger partial charge in [-0.3, -0.25) is 0 Å². The molecule has 0 bridgehead atoms. The fraction of sp³-hybridized carbons (Fsp3) is 0.750. The number of aryl methyl sites for hydroxylation is 1. The number of hydrogen-bond donors (Lipinski definition) is 0. The van der Waals surface area contributed by atoms with Gasteiger partial charge in [-0.15, -0.1) is 0 Å². The molecule has 0 spiro atoms. The van der Waals surface area contributed by atoms with Crippen LogP contribution in [0, 0.1) is 29.4 Å². The molecule has 0 amide bonds. The summed E-state index contributed by atoms with van der Waals surface area (Å²) in [5.74, 6) is 1.35. The SMILES string of the molecule is CCCCC[Si@H]1CC[C@H]([C@H]2CC[C@H](CCc3ccc(F)c(F)c3)CC2)CC1. The lowest BCUT2D eigenvalue weighted by Crippen LogP contribution is -2.28. The van der Waals surface area contributed by atoms with Crippen molar-refractivity contribution in [3.05, 3.63) is 35.4 Å². The van der Waals surface area contributed by atoms with Gasteiger partial charge in [0.05, 0.1) is 0 Å². The van der Waals surface area contributed by atoms with Crippen molar-refractivity contribution in [2.24, 2.45) is 17.8 Å². The summed E-state index contributed by atoms with van der Waals surface area (Å²) in [6.45, 7) is 2.31. The lowest BCUT2D eigenvalue weighted by molar-refractivity contribution is 0.186. The highest BCUT2D eigenvalue weighted by atomic mass is 28.3. The van der Waals surface area contributed by atoms with E-state index in [1.54, 1.807) is 24.2 Å². The summed E-state index contributed by atoms with van der Waals surface area (Å²) in [6, 6.07) is 9.23. The smallest absolute Gasteiger partial charge is 0.159 e. The largest absolute Gasteiger partial charge is 0.204 e.